The highest BCUT2D eigenvalue weighted by Gasteiger charge is 2.15. The van der Waals surface area contributed by atoms with Crippen LogP contribution in [0.3, 0.4) is 0 Å². The van der Waals surface area contributed by atoms with E-state index in [1.807, 2.05) is 42.5 Å². The fourth-order valence-corrected chi connectivity index (χ4v) is 3.47. The summed E-state index contributed by atoms with van der Waals surface area (Å²) in [7, 11) is 1.61. The van der Waals surface area contributed by atoms with E-state index in [1.165, 1.54) is 5.56 Å². The molecule has 0 amide bonds. The van der Waals surface area contributed by atoms with Crippen LogP contribution in [0.25, 0.3) is 0 Å². The molecule has 4 rings (SSSR count). The Bertz CT molecular complexity index is 1020. The zero-order valence-electron chi connectivity index (χ0n) is 16.3. The van der Waals surface area contributed by atoms with Crippen molar-refractivity contribution >= 4 is 17.3 Å². The summed E-state index contributed by atoms with van der Waals surface area (Å²) in [5.74, 6) is 2.65. The van der Waals surface area contributed by atoms with Crippen molar-refractivity contribution in [1.29, 1.82) is 0 Å². The molecule has 0 saturated heterocycles. The molecular weight excluding hydrogens is 390 g/mol. The predicted octanol–water partition coefficient (Wildman–Crippen LogP) is 5.58. The molecular formula is C23H22ClNO4. The van der Waals surface area contributed by atoms with E-state index < -0.39 is 0 Å². The van der Waals surface area contributed by atoms with E-state index in [2.05, 4.69) is 24.4 Å². The van der Waals surface area contributed by atoms with E-state index in [-0.39, 0.29) is 6.79 Å². The van der Waals surface area contributed by atoms with E-state index >= 15 is 0 Å². The van der Waals surface area contributed by atoms with Gasteiger partial charge in [0.05, 0.1) is 12.1 Å². The first-order valence-electron chi connectivity index (χ1n) is 9.30. The van der Waals surface area contributed by atoms with Crippen LogP contribution >= 0.6 is 11.6 Å². The molecule has 150 valence electrons. The Kier molecular flexibility index (Phi) is 5.67. The topological polar surface area (TPSA) is 49.0 Å². The quantitative estimate of drug-likeness (QED) is 0.550. The molecule has 0 radical (unpaired) electrons. The van der Waals surface area contributed by atoms with Gasteiger partial charge in [-0.3, -0.25) is 0 Å². The number of rotatable bonds is 7. The van der Waals surface area contributed by atoms with E-state index in [0.29, 0.717) is 29.7 Å². The number of hydrogen-bond acceptors (Lipinski definition) is 5. The number of benzene rings is 3. The number of hydrogen-bond donors (Lipinski definition) is 1. The Morgan fingerprint density at radius 2 is 1.86 bits per heavy atom. The minimum atomic E-state index is 0.260. The van der Waals surface area contributed by atoms with Gasteiger partial charge >= 0.3 is 0 Å². The maximum absolute atomic E-state index is 6.50. The van der Waals surface area contributed by atoms with Gasteiger partial charge in [0.2, 0.25) is 6.79 Å². The molecule has 0 saturated carbocycles. The van der Waals surface area contributed by atoms with Crippen LogP contribution in [0.15, 0.2) is 54.6 Å². The second kappa shape index (κ2) is 8.53. The summed E-state index contributed by atoms with van der Waals surface area (Å²) in [4.78, 5) is 0. The molecule has 0 atom stereocenters. The molecule has 29 heavy (non-hydrogen) atoms. The second-order valence-corrected chi connectivity index (χ2v) is 7.22. The lowest BCUT2D eigenvalue weighted by atomic mass is 10.1. The van der Waals surface area contributed by atoms with Gasteiger partial charge in [-0.2, -0.15) is 0 Å². The zero-order chi connectivity index (χ0) is 20.2. The average Bonchev–Trinajstić information content (AvgIpc) is 3.19. The van der Waals surface area contributed by atoms with Gasteiger partial charge < -0.3 is 24.3 Å². The Morgan fingerprint density at radius 1 is 1.00 bits per heavy atom. The van der Waals surface area contributed by atoms with Crippen molar-refractivity contribution in [3.05, 3.63) is 76.3 Å². The Labute approximate surface area is 175 Å². The smallest absolute Gasteiger partial charge is 0.231 e. The summed E-state index contributed by atoms with van der Waals surface area (Å²) in [6.07, 6.45) is 0. The summed E-state index contributed by atoms with van der Waals surface area (Å²) in [5, 5.41) is 3.88. The Hall–Kier alpha value is -3.05. The van der Waals surface area contributed by atoms with Crippen molar-refractivity contribution in [2.75, 3.05) is 19.2 Å². The lowest BCUT2D eigenvalue weighted by molar-refractivity contribution is 0.174. The number of halogens is 1. The van der Waals surface area contributed by atoms with E-state index in [1.54, 1.807) is 7.11 Å². The van der Waals surface area contributed by atoms with Crippen molar-refractivity contribution in [3.63, 3.8) is 0 Å². The summed E-state index contributed by atoms with van der Waals surface area (Å²) in [6.45, 7) is 3.31. The molecule has 0 aromatic heterocycles. The van der Waals surface area contributed by atoms with Gasteiger partial charge in [-0.25, -0.2) is 0 Å². The highest BCUT2D eigenvalue weighted by Crippen LogP contribution is 2.38. The van der Waals surface area contributed by atoms with Crippen molar-refractivity contribution in [2.45, 2.75) is 20.1 Å². The van der Waals surface area contributed by atoms with Gasteiger partial charge in [-0.15, -0.1) is 0 Å². The third kappa shape index (κ3) is 4.51. The molecule has 1 N–H and O–H groups in total. The number of aryl methyl sites for hydroxylation is 1. The van der Waals surface area contributed by atoms with Crippen LogP contribution in [0, 0.1) is 6.92 Å². The van der Waals surface area contributed by atoms with Gasteiger partial charge in [0.25, 0.3) is 0 Å². The van der Waals surface area contributed by atoms with Crippen molar-refractivity contribution in [3.8, 4) is 23.0 Å². The number of nitrogens with one attached hydrogen (secondary N) is 1. The van der Waals surface area contributed by atoms with Crippen LogP contribution < -0.4 is 24.3 Å². The summed E-state index contributed by atoms with van der Waals surface area (Å²) >= 11 is 6.50. The van der Waals surface area contributed by atoms with E-state index in [9.17, 15) is 0 Å². The van der Waals surface area contributed by atoms with Gasteiger partial charge in [0, 0.05) is 18.3 Å². The number of ether oxygens (including phenoxy) is 4. The lowest BCUT2D eigenvalue weighted by Crippen LogP contribution is -2.03. The zero-order valence-corrected chi connectivity index (χ0v) is 17.1. The lowest BCUT2D eigenvalue weighted by Gasteiger charge is -2.15. The third-order valence-corrected chi connectivity index (χ3v) is 4.90. The van der Waals surface area contributed by atoms with Gasteiger partial charge in [-0.1, -0.05) is 41.4 Å². The van der Waals surface area contributed by atoms with Crippen molar-refractivity contribution in [1.82, 2.24) is 0 Å². The van der Waals surface area contributed by atoms with Crippen LogP contribution in [-0.2, 0) is 13.2 Å². The maximum Gasteiger partial charge on any atom is 0.231 e. The van der Waals surface area contributed by atoms with Gasteiger partial charge in [-0.05, 0) is 42.3 Å². The first kappa shape index (κ1) is 19.3. The number of methoxy groups -OCH3 is 1. The van der Waals surface area contributed by atoms with Crippen LogP contribution in [0.1, 0.15) is 16.7 Å². The second-order valence-electron chi connectivity index (χ2n) is 6.81. The normalized spacial score (nSPS) is 12.0. The van der Waals surface area contributed by atoms with Crippen molar-refractivity contribution in [2.24, 2.45) is 0 Å². The summed E-state index contributed by atoms with van der Waals surface area (Å²) < 4.78 is 22.2. The van der Waals surface area contributed by atoms with Crippen molar-refractivity contribution < 1.29 is 18.9 Å². The van der Waals surface area contributed by atoms with E-state index in [4.69, 9.17) is 30.5 Å². The minimum absolute atomic E-state index is 0.260. The highest BCUT2D eigenvalue weighted by atomic mass is 35.5. The van der Waals surface area contributed by atoms with Crippen LogP contribution in [0.5, 0.6) is 23.0 Å². The SMILES string of the molecule is COc1cc(CNc2ccc3c(c2)OCO3)cc(Cl)c1OCc1cccc(C)c1. The largest absolute Gasteiger partial charge is 0.493 e. The average molecular weight is 412 g/mol. The van der Waals surface area contributed by atoms with Gasteiger partial charge in [0.15, 0.2) is 23.0 Å². The molecule has 0 aliphatic carbocycles. The first-order valence-corrected chi connectivity index (χ1v) is 9.68. The molecule has 5 nitrogen and oxygen atoms in total. The molecule has 1 heterocycles. The summed E-state index contributed by atoms with van der Waals surface area (Å²) in [5.41, 5.74) is 4.18. The monoisotopic (exact) mass is 411 g/mol. The molecule has 1 aliphatic heterocycles. The number of fused-ring (bicyclic) bond motifs is 1. The molecule has 0 fully saturated rings. The molecule has 3 aromatic carbocycles. The Morgan fingerprint density at radius 3 is 2.69 bits per heavy atom. The molecule has 3 aromatic rings. The molecule has 1 aliphatic rings. The fraction of sp³-hybridized carbons (Fsp3) is 0.217. The number of anilines is 1. The Balaban J connectivity index is 1.45. The standard InChI is InChI=1S/C23H22ClNO4/c1-15-4-3-5-16(8-15)13-27-23-19(24)9-17(10-22(23)26-2)12-25-18-6-7-20-21(11-18)29-14-28-20/h3-11,25H,12-14H2,1-2H3. The van der Waals surface area contributed by atoms with Crippen LogP contribution in [0.2, 0.25) is 5.02 Å². The third-order valence-electron chi connectivity index (χ3n) is 4.62. The van der Waals surface area contributed by atoms with Crippen LogP contribution in [0.4, 0.5) is 5.69 Å². The molecule has 0 bridgehead atoms. The summed E-state index contributed by atoms with van der Waals surface area (Å²) in [6, 6.07) is 17.7. The molecule has 0 unspecified atom stereocenters. The fourth-order valence-electron chi connectivity index (χ4n) is 3.18. The molecule has 6 heteroatoms. The highest BCUT2D eigenvalue weighted by molar-refractivity contribution is 6.32. The maximum atomic E-state index is 6.50. The predicted molar refractivity (Wildman–Crippen MR) is 113 cm³/mol. The van der Waals surface area contributed by atoms with Gasteiger partial charge in [0.1, 0.15) is 6.61 Å². The van der Waals surface area contributed by atoms with E-state index in [0.717, 1.165) is 28.3 Å². The molecule has 0 spiro atoms. The van der Waals surface area contributed by atoms with Crippen LogP contribution in [-0.4, -0.2) is 13.9 Å². The minimum Gasteiger partial charge on any atom is -0.493 e. The first-order chi connectivity index (χ1) is 14.1.